The van der Waals surface area contributed by atoms with Gasteiger partial charge in [-0.3, -0.25) is 0 Å². The lowest BCUT2D eigenvalue weighted by molar-refractivity contribution is -0.320. The summed E-state index contributed by atoms with van der Waals surface area (Å²) in [5.41, 5.74) is -0.568. The lowest BCUT2D eigenvalue weighted by Gasteiger charge is -2.67. The molecule has 4 aliphatic carbocycles. The first kappa shape index (κ1) is 35.7. The molecule has 0 bridgehead atoms. The van der Waals surface area contributed by atoms with E-state index in [1.165, 1.54) is 5.57 Å². The van der Waals surface area contributed by atoms with Gasteiger partial charge in [0, 0.05) is 10.8 Å². The van der Waals surface area contributed by atoms with E-state index in [1.54, 1.807) is 13.8 Å². The molecule has 5 aliphatic rings. The third-order valence-electron chi connectivity index (χ3n) is 14.5. The maximum absolute atomic E-state index is 12.2. The van der Waals surface area contributed by atoms with E-state index in [4.69, 9.17) is 9.47 Å². The van der Waals surface area contributed by atoms with Crippen molar-refractivity contribution in [3.8, 4) is 0 Å². The van der Waals surface area contributed by atoms with Crippen LogP contribution in [0.2, 0.25) is 0 Å². The maximum atomic E-state index is 12.2. The van der Waals surface area contributed by atoms with Crippen molar-refractivity contribution in [1.82, 2.24) is 0 Å². The Morgan fingerprint density at radius 2 is 1.62 bits per heavy atom. The molecule has 0 radical (unpaired) electrons. The van der Waals surface area contributed by atoms with Crippen LogP contribution in [0.4, 0.5) is 0 Å². The van der Waals surface area contributed by atoms with Gasteiger partial charge in [0.05, 0.1) is 30.5 Å². The molecule has 1 heterocycles. The van der Waals surface area contributed by atoms with E-state index in [-0.39, 0.29) is 28.3 Å². The molecule has 0 aromatic carbocycles. The summed E-state index contributed by atoms with van der Waals surface area (Å²) in [5, 5.41) is 73.9. The van der Waals surface area contributed by atoms with Crippen LogP contribution in [0.15, 0.2) is 11.6 Å². The quantitative estimate of drug-likeness (QED) is 0.198. The zero-order chi connectivity index (χ0) is 33.5. The first-order chi connectivity index (χ1) is 20.7. The molecule has 1 saturated heterocycles. The number of aliphatic hydroxyl groups excluding tert-OH is 6. The van der Waals surface area contributed by atoms with Gasteiger partial charge >= 0.3 is 0 Å². The van der Waals surface area contributed by atoms with Crippen molar-refractivity contribution in [2.75, 3.05) is 6.61 Å². The van der Waals surface area contributed by atoms with Crippen molar-refractivity contribution < 1.29 is 45.2 Å². The first-order valence-electron chi connectivity index (χ1n) is 17.5. The number of hydrogen-bond donors (Lipinski definition) is 7. The number of fused-ring (bicyclic) bond motifs is 5. The highest BCUT2D eigenvalue weighted by Gasteiger charge is 2.70. The van der Waals surface area contributed by atoms with Gasteiger partial charge in [-0.05, 0) is 99.7 Å². The highest BCUT2D eigenvalue weighted by atomic mass is 16.7. The molecule has 1 aliphatic heterocycles. The smallest absolute Gasteiger partial charge is 0.187 e. The first-order valence-corrected chi connectivity index (χ1v) is 17.5. The topological polar surface area (TPSA) is 160 Å². The van der Waals surface area contributed by atoms with Gasteiger partial charge < -0.3 is 45.2 Å². The van der Waals surface area contributed by atoms with Crippen LogP contribution in [-0.4, -0.2) is 97.0 Å². The van der Waals surface area contributed by atoms with Gasteiger partial charge in [0.25, 0.3) is 0 Å². The van der Waals surface area contributed by atoms with E-state index in [2.05, 4.69) is 47.6 Å². The van der Waals surface area contributed by atoms with E-state index < -0.39 is 60.5 Å². The van der Waals surface area contributed by atoms with Crippen molar-refractivity contribution in [3.05, 3.63) is 11.6 Å². The summed E-state index contributed by atoms with van der Waals surface area (Å²) in [6, 6.07) is 0. The Bertz CT molecular complexity index is 1100. The number of ether oxygens (including phenoxy) is 2. The van der Waals surface area contributed by atoms with Gasteiger partial charge in [-0.2, -0.15) is 0 Å². The number of aliphatic hydroxyl groups is 7. The number of rotatable bonds is 8. The molecule has 0 spiro atoms. The Balaban J connectivity index is 1.37. The van der Waals surface area contributed by atoms with Crippen molar-refractivity contribution in [1.29, 1.82) is 0 Å². The zero-order valence-electron chi connectivity index (χ0n) is 28.8. The fourth-order valence-corrected chi connectivity index (χ4v) is 11.2. The summed E-state index contributed by atoms with van der Waals surface area (Å²) in [7, 11) is 0. The van der Waals surface area contributed by atoms with E-state index in [0.29, 0.717) is 30.6 Å². The summed E-state index contributed by atoms with van der Waals surface area (Å²) in [6.45, 7) is 16.6. The molecule has 0 amide bonds. The summed E-state index contributed by atoms with van der Waals surface area (Å²) in [5.74, 6) is 1.29. The second-order valence-electron chi connectivity index (χ2n) is 17.4. The summed E-state index contributed by atoms with van der Waals surface area (Å²) >= 11 is 0. The van der Waals surface area contributed by atoms with Crippen molar-refractivity contribution in [2.45, 2.75) is 161 Å². The standard InChI is InChI=1S/C36H62O9/c1-19(9-13-25(38)33(4,5)43)20-15-16-34(6)24-12-10-21-22(36(24,8)26(39)17-35(20,34)7)11-14-27(32(21,2)3)45-31-30(42)29(41)28(40)23(18-37)44-31/h10,19-20,22-31,37-43H,9,11-18H2,1-8H3/t19-,20?,22?,23-,24?,25-,26-,27+,28-,29+,30-,31+,34+,35-,36+/m1/s1. The predicted octanol–water partition coefficient (Wildman–Crippen LogP) is 3.30. The van der Waals surface area contributed by atoms with Crippen LogP contribution >= 0.6 is 0 Å². The summed E-state index contributed by atoms with van der Waals surface area (Å²) in [6.07, 6.45) is 1.08. The Labute approximate surface area is 270 Å². The Hall–Kier alpha value is -0.620. The predicted molar refractivity (Wildman–Crippen MR) is 170 cm³/mol. The third-order valence-corrected chi connectivity index (χ3v) is 14.5. The van der Waals surface area contributed by atoms with Crippen molar-refractivity contribution in [2.24, 2.45) is 45.3 Å². The van der Waals surface area contributed by atoms with Crippen LogP contribution < -0.4 is 0 Å². The maximum Gasteiger partial charge on any atom is 0.187 e. The van der Waals surface area contributed by atoms with E-state index in [9.17, 15) is 35.7 Å². The molecule has 3 saturated carbocycles. The van der Waals surface area contributed by atoms with Crippen LogP contribution in [0, 0.1) is 45.3 Å². The largest absolute Gasteiger partial charge is 0.394 e. The highest BCUT2D eigenvalue weighted by Crippen LogP contribution is 2.75. The monoisotopic (exact) mass is 638 g/mol. The Kier molecular flexibility index (Phi) is 9.56. The zero-order valence-corrected chi connectivity index (χ0v) is 28.8. The molecular weight excluding hydrogens is 576 g/mol. The highest BCUT2D eigenvalue weighted by molar-refractivity contribution is 5.31. The SMILES string of the molecule is C[C@H](CC[C@@H](O)C(C)(C)O)C1CC[C@@]2(C)C3CC=C4C(CC[C@H](O[C@@H]5O[C@H](CO)[C@@H](O)[C@H](O)[C@H]5O)C4(C)C)[C@]3(C)[C@H](O)C[C@]12C. The molecule has 4 fully saturated rings. The fourth-order valence-electron chi connectivity index (χ4n) is 11.2. The van der Waals surface area contributed by atoms with Crippen molar-refractivity contribution >= 4 is 0 Å². The molecule has 9 nitrogen and oxygen atoms in total. The van der Waals surface area contributed by atoms with Gasteiger partial charge in [-0.15, -0.1) is 0 Å². The molecule has 0 aromatic heterocycles. The average molecular weight is 639 g/mol. The van der Waals surface area contributed by atoms with Gasteiger partial charge in [-0.25, -0.2) is 0 Å². The summed E-state index contributed by atoms with van der Waals surface area (Å²) in [4.78, 5) is 0. The molecule has 0 aromatic rings. The molecule has 15 atom stereocenters. The van der Waals surface area contributed by atoms with Crippen LogP contribution in [0.5, 0.6) is 0 Å². The average Bonchev–Trinajstić information content (AvgIpc) is 3.23. The molecule has 7 N–H and O–H groups in total. The second kappa shape index (κ2) is 12.1. The summed E-state index contributed by atoms with van der Waals surface area (Å²) < 4.78 is 12.1. The van der Waals surface area contributed by atoms with Gasteiger partial charge in [-0.1, -0.05) is 53.2 Å². The van der Waals surface area contributed by atoms with Crippen LogP contribution in [-0.2, 0) is 9.47 Å². The molecule has 260 valence electrons. The lowest BCUT2D eigenvalue weighted by atomic mass is 9.38. The van der Waals surface area contributed by atoms with Gasteiger partial charge in [0.1, 0.15) is 24.4 Å². The third kappa shape index (κ3) is 5.48. The minimum absolute atomic E-state index is 0.0417. The van der Waals surface area contributed by atoms with Gasteiger partial charge in [0.2, 0.25) is 0 Å². The lowest BCUT2D eigenvalue weighted by Crippen LogP contribution is -2.65. The Morgan fingerprint density at radius 3 is 2.24 bits per heavy atom. The Morgan fingerprint density at radius 1 is 0.956 bits per heavy atom. The molecule has 5 rings (SSSR count). The van der Waals surface area contributed by atoms with Gasteiger partial charge in [0.15, 0.2) is 6.29 Å². The second-order valence-corrected chi connectivity index (χ2v) is 17.4. The number of hydrogen-bond acceptors (Lipinski definition) is 9. The minimum atomic E-state index is -1.48. The van der Waals surface area contributed by atoms with Crippen molar-refractivity contribution in [3.63, 3.8) is 0 Å². The van der Waals surface area contributed by atoms with E-state index >= 15 is 0 Å². The molecular formula is C36H62O9. The van der Waals surface area contributed by atoms with Crippen LogP contribution in [0.1, 0.15) is 107 Å². The fraction of sp³-hybridized carbons (Fsp3) is 0.944. The molecule has 9 heteroatoms. The van der Waals surface area contributed by atoms with Crippen LogP contribution in [0.25, 0.3) is 0 Å². The normalized spacial score (nSPS) is 49.4. The number of allylic oxidation sites excluding steroid dienone is 1. The minimum Gasteiger partial charge on any atom is -0.394 e. The molecule has 45 heavy (non-hydrogen) atoms. The molecule has 3 unspecified atom stereocenters. The van der Waals surface area contributed by atoms with E-state index in [1.807, 2.05) is 0 Å². The van der Waals surface area contributed by atoms with Crippen LogP contribution in [0.3, 0.4) is 0 Å². The van der Waals surface area contributed by atoms with E-state index in [0.717, 1.165) is 38.5 Å².